The number of hydrogen-bond donors (Lipinski definition) is 3. The van der Waals surface area contributed by atoms with Crippen molar-refractivity contribution in [2.45, 2.75) is 0 Å². The molecule has 3 N–H and O–H groups in total. The topological polar surface area (TPSA) is 128 Å². The number of carbonyl (C=O) groups excluding carboxylic acids is 1. The molecule has 0 radical (unpaired) electrons. The fourth-order valence-electron chi connectivity index (χ4n) is 4.32. The first-order valence-electron chi connectivity index (χ1n) is 13.8. The molecule has 1 amide bonds. The lowest BCUT2D eigenvalue weighted by molar-refractivity contribution is -0.111. The number of para-hydroxylation sites is 1. The third-order valence-electron chi connectivity index (χ3n) is 6.57. The number of carbonyl (C=O) groups is 1. The van der Waals surface area contributed by atoms with Crippen molar-refractivity contribution in [2.75, 3.05) is 69.9 Å². The van der Waals surface area contributed by atoms with Crippen molar-refractivity contribution in [1.82, 2.24) is 24.3 Å². The Morgan fingerprint density at radius 2 is 1.72 bits per heavy atom. The summed E-state index contributed by atoms with van der Waals surface area (Å²) in [6, 6.07) is 14.1. The Hall–Kier alpha value is -4.94. The van der Waals surface area contributed by atoms with Crippen LogP contribution in [0.3, 0.4) is 0 Å². The normalized spacial score (nSPS) is 13.3. The van der Waals surface area contributed by atoms with Crippen molar-refractivity contribution in [3.8, 4) is 17.2 Å². The maximum Gasteiger partial charge on any atom is 0.294 e. The maximum atomic E-state index is 13.1. The first-order chi connectivity index (χ1) is 20.5. The summed E-state index contributed by atoms with van der Waals surface area (Å²) in [5, 5.41) is 16.5. The average molecular weight is 587 g/mol. The van der Waals surface area contributed by atoms with E-state index in [-0.39, 0.29) is 22.9 Å². The summed E-state index contributed by atoms with van der Waals surface area (Å²) in [4.78, 5) is 40.6. The number of aromatic nitrogens is 3. The first kappa shape index (κ1) is 31.0. The lowest BCUT2D eigenvalue weighted by atomic mass is 10.2. The molecule has 12 nitrogen and oxygen atoms in total. The van der Waals surface area contributed by atoms with Gasteiger partial charge in [0, 0.05) is 56.2 Å². The third kappa shape index (κ3) is 7.87. The summed E-state index contributed by atoms with van der Waals surface area (Å²) < 4.78 is 7.19. The molecule has 1 aliphatic heterocycles. The highest BCUT2D eigenvalue weighted by atomic mass is 16.5. The van der Waals surface area contributed by atoms with E-state index in [2.05, 4.69) is 56.2 Å². The first-order valence-corrected chi connectivity index (χ1v) is 13.8. The van der Waals surface area contributed by atoms with E-state index in [4.69, 9.17) is 4.74 Å². The SMILES string of the molecule is C=CC(=O)Nc1c(O)cccc1Oc1cc2cnc(Nc3ccc(N4CCN(C)CC4)cc3)nc2n(C)c1=O.CN(C)C. The van der Waals surface area contributed by atoms with Gasteiger partial charge in [-0.25, -0.2) is 4.98 Å². The molecule has 2 aromatic heterocycles. The number of likely N-dealkylation sites (N-methyl/N-ethyl adjacent to an activating group) is 1. The highest BCUT2D eigenvalue weighted by molar-refractivity contribution is 6.01. The minimum absolute atomic E-state index is 0.0199. The Balaban J connectivity index is 0.000000996. The lowest BCUT2D eigenvalue weighted by Crippen LogP contribution is -2.44. The minimum atomic E-state index is -0.532. The molecule has 1 aliphatic rings. The van der Waals surface area contributed by atoms with Gasteiger partial charge in [0.15, 0.2) is 11.5 Å². The second-order valence-electron chi connectivity index (χ2n) is 10.6. The van der Waals surface area contributed by atoms with Crippen molar-refractivity contribution in [3.05, 3.63) is 77.7 Å². The van der Waals surface area contributed by atoms with E-state index in [1.165, 1.54) is 28.5 Å². The third-order valence-corrected chi connectivity index (χ3v) is 6.57. The number of anilines is 4. The van der Waals surface area contributed by atoms with Gasteiger partial charge in [-0.2, -0.15) is 4.98 Å². The van der Waals surface area contributed by atoms with Crippen molar-refractivity contribution < 1.29 is 14.6 Å². The number of ether oxygens (including phenoxy) is 1. The molecule has 1 saturated heterocycles. The number of rotatable bonds is 7. The fraction of sp³-hybridized carbons (Fsp3) is 0.290. The predicted molar refractivity (Wildman–Crippen MR) is 171 cm³/mol. The van der Waals surface area contributed by atoms with Crippen LogP contribution in [-0.2, 0) is 11.8 Å². The molecule has 0 saturated carbocycles. The molecule has 5 rings (SSSR count). The zero-order chi connectivity index (χ0) is 31.1. The number of fused-ring (bicyclic) bond motifs is 1. The highest BCUT2D eigenvalue weighted by Crippen LogP contribution is 2.36. The van der Waals surface area contributed by atoms with Gasteiger partial charge in [0.1, 0.15) is 17.1 Å². The zero-order valence-electron chi connectivity index (χ0n) is 25.2. The van der Waals surface area contributed by atoms with Crippen molar-refractivity contribution in [1.29, 1.82) is 0 Å². The number of nitrogens with one attached hydrogen (secondary N) is 2. The molecule has 0 atom stereocenters. The van der Waals surface area contributed by atoms with Crippen LogP contribution in [0.15, 0.2) is 72.2 Å². The zero-order valence-corrected chi connectivity index (χ0v) is 25.2. The Kier molecular flexibility index (Phi) is 9.96. The number of benzene rings is 2. The van der Waals surface area contributed by atoms with Crippen LogP contribution in [0.4, 0.5) is 23.0 Å². The summed E-state index contributed by atoms with van der Waals surface area (Å²) in [6.07, 6.45) is 2.66. The molecule has 0 aliphatic carbocycles. The van der Waals surface area contributed by atoms with E-state index in [1.807, 2.05) is 38.2 Å². The number of hydrogen-bond acceptors (Lipinski definition) is 10. The van der Waals surface area contributed by atoms with Crippen LogP contribution in [0.5, 0.6) is 17.2 Å². The largest absolute Gasteiger partial charge is 0.506 e. The molecule has 2 aromatic carbocycles. The number of aryl methyl sites for hydroxylation is 1. The van der Waals surface area contributed by atoms with Gasteiger partial charge >= 0.3 is 0 Å². The molecular weight excluding hydrogens is 548 g/mol. The Morgan fingerprint density at radius 1 is 1.05 bits per heavy atom. The van der Waals surface area contributed by atoms with Crippen LogP contribution in [0, 0.1) is 0 Å². The van der Waals surface area contributed by atoms with E-state index in [1.54, 1.807) is 19.3 Å². The van der Waals surface area contributed by atoms with Crippen LogP contribution in [-0.4, -0.2) is 89.7 Å². The molecule has 0 unspecified atom stereocenters. The molecule has 1 fully saturated rings. The molecule has 4 aromatic rings. The summed E-state index contributed by atoms with van der Waals surface area (Å²) in [5.74, 6) is -0.318. The fourth-order valence-corrected chi connectivity index (χ4v) is 4.32. The molecular formula is C31H38N8O4. The van der Waals surface area contributed by atoms with Gasteiger partial charge in [-0.15, -0.1) is 0 Å². The summed E-state index contributed by atoms with van der Waals surface area (Å²) >= 11 is 0. The van der Waals surface area contributed by atoms with Crippen LogP contribution in [0.1, 0.15) is 0 Å². The standard InChI is InChI=1S/C28H29N7O4.C3H9N/c1-4-24(37)31-25-21(36)6-5-7-22(25)39-23-16-18-17-29-28(32-26(18)34(3)27(23)38)30-19-8-10-20(11-9-19)35-14-12-33(2)13-15-35;1-4(2)3/h4-11,16-17,36H,1,12-15H2,2-3H3,(H,31,37)(H,29,30,32);1-3H3. The second kappa shape index (κ2) is 13.8. The van der Waals surface area contributed by atoms with Gasteiger partial charge in [0.2, 0.25) is 11.9 Å². The highest BCUT2D eigenvalue weighted by Gasteiger charge is 2.17. The van der Waals surface area contributed by atoms with E-state index in [0.29, 0.717) is 17.0 Å². The minimum Gasteiger partial charge on any atom is -0.506 e. The van der Waals surface area contributed by atoms with Gasteiger partial charge in [-0.1, -0.05) is 12.6 Å². The van der Waals surface area contributed by atoms with Crippen molar-refractivity contribution in [3.63, 3.8) is 0 Å². The van der Waals surface area contributed by atoms with Crippen molar-refractivity contribution >= 4 is 40.0 Å². The second-order valence-corrected chi connectivity index (χ2v) is 10.6. The van der Waals surface area contributed by atoms with Crippen molar-refractivity contribution in [2.24, 2.45) is 7.05 Å². The lowest BCUT2D eigenvalue weighted by Gasteiger charge is -2.34. The predicted octanol–water partition coefficient (Wildman–Crippen LogP) is 3.62. The van der Waals surface area contributed by atoms with E-state index < -0.39 is 11.5 Å². The van der Waals surface area contributed by atoms with Gasteiger partial charge in [0.05, 0.1) is 0 Å². The van der Waals surface area contributed by atoms with E-state index in [9.17, 15) is 14.7 Å². The molecule has 3 heterocycles. The molecule has 12 heteroatoms. The van der Waals surface area contributed by atoms with Crippen LogP contribution >= 0.6 is 0 Å². The van der Waals surface area contributed by atoms with Crippen LogP contribution in [0.25, 0.3) is 11.0 Å². The Labute approximate surface area is 250 Å². The van der Waals surface area contributed by atoms with Gasteiger partial charge < -0.3 is 35.2 Å². The molecule has 43 heavy (non-hydrogen) atoms. The number of piperazine rings is 1. The molecule has 0 bridgehead atoms. The average Bonchev–Trinajstić information content (AvgIpc) is 2.98. The quantitative estimate of drug-likeness (QED) is 0.218. The number of nitrogens with zero attached hydrogens (tertiary/aromatic N) is 6. The number of amides is 1. The van der Waals surface area contributed by atoms with Crippen LogP contribution < -0.4 is 25.8 Å². The molecule has 0 spiro atoms. The number of phenolic OH excluding ortho intramolecular Hbond substituents is 1. The Morgan fingerprint density at radius 3 is 2.37 bits per heavy atom. The number of pyridine rings is 1. The summed E-state index contributed by atoms with van der Waals surface area (Å²) in [5.41, 5.74) is 1.99. The maximum absolute atomic E-state index is 13.1. The van der Waals surface area contributed by atoms with Gasteiger partial charge in [-0.05, 0) is 76.7 Å². The summed E-state index contributed by atoms with van der Waals surface area (Å²) in [6.45, 7) is 7.47. The smallest absolute Gasteiger partial charge is 0.294 e. The van der Waals surface area contributed by atoms with Crippen LogP contribution in [0.2, 0.25) is 0 Å². The monoisotopic (exact) mass is 586 g/mol. The van der Waals surface area contributed by atoms with Gasteiger partial charge in [0.25, 0.3) is 5.56 Å². The molecule has 226 valence electrons. The van der Waals surface area contributed by atoms with E-state index >= 15 is 0 Å². The Bertz CT molecular complexity index is 1640. The van der Waals surface area contributed by atoms with Gasteiger partial charge in [-0.3, -0.25) is 14.2 Å². The summed E-state index contributed by atoms with van der Waals surface area (Å²) in [7, 11) is 9.72. The number of phenols is 1. The van der Waals surface area contributed by atoms with E-state index in [0.717, 1.165) is 37.9 Å². The number of aromatic hydroxyl groups is 1.